The molecule has 2 heterocycles. The second kappa shape index (κ2) is 5.29. The SMILES string of the molecule is CCc1nn(C)cc1NC(=O)C1CNCCO1. The number of nitrogens with one attached hydrogen (secondary N) is 2. The highest BCUT2D eigenvalue weighted by Gasteiger charge is 2.22. The van der Waals surface area contributed by atoms with E-state index < -0.39 is 6.10 Å². The van der Waals surface area contributed by atoms with Gasteiger partial charge in [-0.2, -0.15) is 5.10 Å². The first kappa shape index (κ1) is 12.1. The van der Waals surface area contributed by atoms with Crippen LogP contribution in [0, 0.1) is 0 Å². The third kappa shape index (κ3) is 2.83. The van der Waals surface area contributed by atoms with Crippen molar-refractivity contribution in [1.29, 1.82) is 0 Å². The highest BCUT2D eigenvalue weighted by molar-refractivity contribution is 5.94. The van der Waals surface area contributed by atoms with E-state index in [1.54, 1.807) is 4.68 Å². The van der Waals surface area contributed by atoms with Crippen LogP contribution in [-0.4, -0.2) is 41.5 Å². The van der Waals surface area contributed by atoms with Crippen LogP contribution in [0.3, 0.4) is 0 Å². The van der Waals surface area contributed by atoms with E-state index in [0.29, 0.717) is 13.2 Å². The molecule has 2 N–H and O–H groups in total. The second-order valence-electron chi connectivity index (χ2n) is 4.07. The summed E-state index contributed by atoms with van der Waals surface area (Å²) in [5.74, 6) is -0.111. The van der Waals surface area contributed by atoms with Crippen LogP contribution in [0.1, 0.15) is 12.6 Å². The summed E-state index contributed by atoms with van der Waals surface area (Å²) in [7, 11) is 1.84. The van der Waals surface area contributed by atoms with Gasteiger partial charge in [-0.15, -0.1) is 0 Å². The number of morpholine rings is 1. The molecule has 2 rings (SSSR count). The Labute approximate surface area is 100 Å². The Morgan fingerprint density at radius 3 is 3.24 bits per heavy atom. The molecule has 0 aliphatic carbocycles. The van der Waals surface area contributed by atoms with Gasteiger partial charge in [0.1, 0.15) is 6.10 Å². The van der Waals surface area contributed by atoms with Crippen LogP contribution in [0.15, 0.2) is 6.20 Å². The van der Waals surface area contributed by atoms with E-state index in [9.17, 15) is 4.79 Å². The Kier molecular flexibility index (Phi) is 3.75. The standard InChI is InChI=1S/C11H18N4O2/c1-3-8-9(7-15(2)14-8)13-11(16)10-6-12-4-5-17-10/h7,10,12H,3-6H2,1-2H3,(H,13,16). The summed E-state index contributed by atoms with van der Waals surface area (Å²) in [6.45, 7) is 3.95. The molecule has 0 saturated carbocycles. The average molecular weight is 238 g/mol. The fourth-order valence-electron chi connectivity index (χ4n) is 1.85. The van der Waals surface area contributed by atoms with Gasteiger partial charge in [-0.3, -0.25) is 9.48 Å². The van der Waals surface area contributed by atoms with Crippen molar-refractivity contribution >= 4 is 11.6 Å². The molecule has 1 amide bonds. The number of rotatable bonds is 3. The Hall–Kier alpha value is -1.40. The molecule has 0 radical (unpaired) electrons. The third-order valence-corrected chi connectivity index (χ3v) is 2.72. The molecule has 0 spiro atoms. The zero-order chi connectivity index (χ0) is 12.3. The van der Waals surface area contributed by atoms with Gasteiger partial charge in [0, 0.05) is 26.3 Å². The van der Waals surface area contributed by atoms with E-state index in [2.05, 4.69) is 15.7 Å². The van der Waals surface area contributed by atoms with Gasteiger partial charge in [-0.05, 0) is 6.42 Å². The van der Waals surface area contributed by atoms with Gasteiger partial charge in [0.2, 0.25) is 0 Å². The molecule has 1 aromatic heterocycles. The molecule has 1 unspecified atom stereocenters. The van der Waals surface area contributed by atoms with Gasteiger partial charge in [0.05, 0.1) is 18.0 Å². The zero-order valence-corrected chi connectivity index (χ0v) is 10.2. The molecule has 6 heteroatoms. The van der Waals surface area contributed by atoms with Gasteiger partial charge < -0.3 is 15.4 Å². The van der Waals surface area contributed by atoms with E-state index in [-0.39, 0.29) is 5.91 Å². The molecule has 1 aromatic rings. The Bertz CT molecular complexity index is 396. The third-order valence-electron chi connectivity index (χ3n) is 2.72. The van der Waals surface area contributed by atoms with Gasteiger partial charge in [0.25, 0.3) is 5.91 Å². The van der Waals surface area contributed by atoms with E-state index in [4.69, 9.17) is 4.74 Å². The van der Waals surface area contributed by atoms with Crippen molar-refractivity contribution in [2.75, 3.05) is 25.0 Å². The Balaban J connectivity index is 2.01. The number of hydrogen-bond acceptors (Lipinski definition) is 4. The van der Waals surface area contributed by atoms with Crippen molar-refractivity contribution in [1.82, 2.24) is 15.1 Å². The predicted octanol–water partition coefficient (Wildman–Crippen LogP) is -0.0906. The lowest BCUT2D eigenvalue weighted by Gasteiger charge is -2.22. The Morgan fingerprint density at radius 1 is 1.76 bits per heavy atom. The molecule has 1 fully saturated rings. The summed E-state index contributed by atoms with van der Waals surface area (Å²) in [4.78, 5) is 11.9. The van der Waals surface area contributed by atoms with E-state index in [1.165, 1.54) is 0 Å². The number of ether oxygens (including phenoxy) is 1. The molecule has 0 aromatic carbocycles. The quantitative estimate of drug-likeness (QED) is 0.772. The molecule has 1 aliphatic heterocycles. The second-order valence-corrected chi connectivity index (χ2v) is 4.07. The predicted molar refractivity (Wildman–Crippen MR) is 63.8 cm³/mol. The minimum absolute atomic E-state index is 0.111. The molecular formula is C11H18N4O2. The van der Waals surface area contributed by atoms with E-state index in [1.807, 2.05) is 20.2 Å². The number of nitrogens with zero attached hydrogens (tertiary/aromatic N) is 2. The molecule has 94 valence electrons. The van der Waals surface area contributed by atoms with Crippen LogP contribution in [0.5, 0.6) is 0 Å². The summed E-state index contributed by atoms with van der Waals surface area (Å²) in [5.41, 5.74) is 1.67. The van der Waals surface area contributed by atoms with Crippen molar-refractivity contribution in [3.05, 3.63) is 11.9 Å². The Morgan fingerprint density at radius 2 is 2.59 bits per heavy atom. The first-order valence-electron chi connectivity index (χ1n) is 5.86. The number of amides is 1. The van der Waals surface area contributed by atoms with Crippen LogP contribution < -0.4 is 10.6 Å². The van der Waals surface area contributed by atoms with E-state index in [0.717, 1.165) is 24.3 Å². The van der Waals surface area contributed by atoms with Gasteiger partial charge in [0.15, 0.2) is 0 Å². The molecule has 0 bridgehead atoms. The lowest BCUT2D eigenvalue weighted by molar-refractivity contribution is -0.128. The molecular weight excluding hydrogens is 220 g/mol. The molecule has 6 nitrogen and oxygen atoms in total. The summed E-state index contributed by atoms with van der Waals surface area (Å²) in [6, 6.07) is 0. The van der Waals surface area contributed by atoms with Crippen molar-refractivity contribution in [2.24, 2.45) is 7.05 Å². The minimum atomic E-state index is -0.409. The van der Waals surface area contributed by atoms with E-state index >= 15 is 0 Å². The van der Waals surface area contributed by atoms with Gasteiger partial charge >= 0.3 is 0 Å². The van der Waals surface area contributed by atoms with Crippen molar-refractivity contribution in [3.63, 3.8) is 0 Å². The first-order valence-corrected chi connectivity index (χ1v) is 5.86. The lowest BCUT2D eigenvalue weighted by atomic mass is 10.2. The van der Waals surface area contributed by atoms with Crippen LogP contribution >= 0.6 is 0 Å². The summed E-state index contributed by atoms with van der Waals surface area (Å²) >= 11 is 0. The number of aromatic nitrogens is 2. The van der Waals surface area contributed by atoms with Crippen LogP contribution in [0.4, 0.5) is 5.69 Å². The normalized spacial score (nSPS) is 20.2. The molecule has 17 heavy (non-hydrogen) atoms. The molecule has 1 atom stereocenters. The fraction of sp³-hybridized carbons (Fsp3) is 0.636. The summed E-state index contributed by atoms with van der Waals surface area (Å²) < 4.78 is 7.09. The maximum Gasteiger partial charge on any atom is 0.254 e. The molecule has 1 saturated heterocycles. The number of hydrogen-bond donors (Lipinski definition) is 2. The van der Waals surface area contributed by atoms with Crippen LogP contribution in [0.2, 0.25) is 0 Å². The van der Waals surface area contributed by atoms with Crippen molar-refractivity contribution < 1.29 is 9.53 Å². The topological polar surface area (TPSA) is 68.2 Å². The summed E-state index contributed by atoms with van der Waals surface area (Å²) in [5, 5.41) is 10.3. The minimum Gasteiger partial charge on any atom is -0.366 e. The summed E-state index contributed by atoms with van der Waals surface area (Å²) in [6.07, 6.45) is 2.20. The van der Waals surface area contributed by atoms with Crippen LogP contribution in [-0.2, 0) is 23.0 Å². The van der Waals surface area contributed by atoms with Gasteiger partial charge in [-0.25, -0.2) is 0 Å². The maximum atomic E-state index is 11.9. The average Bonchev–Trinajstić information content (AvgIpc) is 2.70. The largest absolute Gasteiger partial charge is 0.366 e. The lowest BCUT2D eigenvalue weighted by Crippen LogP contribution is -2.45. The zero-order valence-electron chi connectivity index (χ0n) is 10.2. The number of carbonyl (C=O) groups is 1. The van der Waals surface area contributed by atoms with Crippen molar-refractivity contribution in [3.8, 4) is 0 Å². The van der Waals surface area contributed by atoms with Gasteiger partial charge in [-0.1, -0.05) is 6.92 Å². The monoisotopic (exact) mass is 238 g/mol. The smallest absolute Gasteiger partial charge is 0.254 e. The number of aryl methyl sites for hydroxylation is 2. The van der Waals surface area contributed by atoms with Crippen molar-refractivity contribution in [2.45, 2.75) is 19.4 Å². The number of anilines is 1. The highest BCUT2D eigenvalue weighted by Crippen LogP contribution is 2.14. The maximum absolute atomic E-state index is 11.9. The first-order chi connectivity index (χ1) is 8.20. The molecule has 1 aliphatic rings. The number of carbonyl (C=O) groups excluding carboxylic acids is 1. The van der Waals surface area contributed by atoms with Crippen LogP contribution in [0.25, 0.3) is 0 Å². The fourth-order valence-corrected chi connectivity index (χ4v) is 1.85. The highest BCUT2D eigenvalue weighted by atomic mass is 16.5.